The standard InChI is InChI=1S/C19H16O5/c1-13(20)24-18-15(10-9-14-7-5-4-6-8-14)11-16(19(21)23-3)12-17(18)22-2/h4-8,11-12H,1-3H3. The largest absolute Gasteiger partial charge is 0.493 e. The molecule has 122 valence electrons. The molecule has 2 rings (SSSR count). The van der Waals surface area contributed by atoms with Gasteiger partial charge >= 0.3 is 11.9 Å². The van der Waals surface area contributed by atoms with Gasteiger partial charge in [0.1, 0.15) is 0 Å². The van der Waals surface area contributed by atoms with Gasteiger partial charge in [-0.15, -0.1) is 0 Å². The van der Waals surface area contributed by atoms with Crippen molar-refractivity contribution in [3.8, 4) is 23.3 Å². The van der Waals surface area contributed by atoms with Gasteiger partial charge in [0.2, 0.25) is 0 Å². The number of hydrogen-bond donors (Lipinski definition) is 0. The van der Waals surface area contributed by atoms with Gasteiger partial charge in [-0.25, -0.2) is 4.79 Å². The smallest absolute Gasteiger partial charge is 0.338 e. The Morgan fingerprint density at radius 1 is 1.00 bits per heavy atom. The average Bonchev–Trinajstić information content (AvgIpc) is 2.60. The third-order valence-electron chi connectivity index (χ3n) is 3.06. The van der Waals surface area contributed by atoms with E-state index in [1.165, 1.54) is 33.3 Å². The van der Waals surface area contributed by atoms with Gasteiger partial charge in [-0.2, -0.15) is 0 Å². The number of rotatable bonds is 3. The van der Waals surface area contributed by atoms with Crippen molar-refractivity contribution in [3.05, 3.63) is 59.2 Å². The summed E-state index contributed by atoms with van der Waals surface area (Å²) in [4.78, 5) is 23.2. The lowest BCUT2D eigenvalue weighted by Gasteiger charge is -2.12. The van der Waals surface area contributed by atoms with Crippen molar-refractivity contribution < 1.29 is 23.8 Å². The minimum atomic E-state index is -0.537. The normalized spacial score (nSPS) is 9.46. The Morgan fingerprint density at radius 3 is 2.29 bits per heavy atom. The van der Waals surface area contributed by atoms with Crippen LogP contribution in [-0.4, -0.2) is 26.2 Å². The van der Waals surface area contributed by atoms with Crippen LogP contribution in [0.15, 0.2) is 42.5 Å². The second kappa shape index (κ2) is 7.84. The molecule has 0 aliphatic rings. The SMILES string of the molecule is COC(=O)c1cc(C#Cc2ccccc2)c(OC(C)=O)c(OC)c1. The molecular weight excluding hydrogens is 308 g/mol. The molecular formula is C19H16O5. The number of benzene rings is 2. The number of carbonyl (C=O) groups is 2. The molecule has 2 aromatic rings. The first-order chi connectivity index (χ1) is 11.5. The predicted octanol–water partition coefficient (Wildman–Crippen LogP) is 2.81. The maximum atomic E-state index is 11.8. The van der Waals surface area contributed by atoms with Crippen molar-refractivity contribution in [3.63, 3.8) is 0 Å². The summed E-state index contributed by atoms with van der Waals surface area (Å²) in [6.07, 6.45) is 0. The summed E-state index contributed by atoms with van der Waals surface area (Å²) in [6.45, 7) is 1.28. The molecule has 0 atom stereocenters. The summed E-state index contributed by atoms with van der Waals surface area (Å²) in [5.41, 5.74) is 1.39. The van der Waals surface area contributed by atoms with Crippen LogP contribution in [0.1, 0.15) is 28.4 Å². The van der Waals surface area contributed by atoms with Crippen LogP contribution in [0.2, 0.25) is 0 Å². The van der Waals surface area contributed by atoms with Gasteiger partial charge in [0.05, 0.1) is 25.3 Å². The second-order valence-corrected chi connectivity index (χ2v) is 4.76. The van der Waals surface area contributed by atoms with E-state index in [1.54, 1.807) is 0 Å². The molecule has 0 fully saturated rings. The Balaban J connectivity index is 2.58. The molecule has 0 amide bonds. The third kappa shape index (κ3) is 4.14. The van der Waals surface area contributed by atoms with E-state index in [0.717, 1.165) is 5.56 Å². The molecule has 0 unspecified atom stereocenters. The fourth-order valence-corrected chi connectivity index (χ4v) is 1.99. The number of esters is 2. The van der Waals surface area contributed by atoms with Crippen molar-refractivity contribution in [1.29, 1.82) is 0 Å². The van der Waals surface area contributed by atoms with E-state index in [-0.39, 0.29) is 17.1 Å². The van der Waals surface area contributed by atoms with Gasteiger partial charge < -0.3 is 14.2 Å². The van der Waals surface area contributed by atoms with E-state index in [1.807, 2.05) is 30.3 Å². The zero-order valence-corrected chi connectivity index (χ0v) is 13.6. The Labute approximate surface area is 140 Å². The number of hydrogen-bond acceptors (Lipinski definition) is 5. The quantitative estimate of drug-likeness (QED) is 0.493. The van der Waals surface area contributed by atoms with Crippen molar-refractivity contribution in [2.45, 2.75) is 6.92 Å². The zero-order valence-electron chi connectivity index (χ0n) is 13.6. The van der Waals surface area contributed by atoms with Crippen molar-refractivity contribution in [2.75, 3.05) is 14.2 Å². The summed E-state index contributed by atoms with van der Waals surface area (Å²) in [7, 11) is 2.70. The first-order valence-electron chi connectivity index (χ1n) is 7.11. The van der Waals surface area contributed by atoms with Gasteiger partial charge in [-0.3, -0.25) is 4.79 Å². The van der Waals surface area contributed by atoms with Gasteiger partial charge in [0.15, 0.2) is 11.5 Å². The maximum Gasteiger partial charge on any atom is 0.338 e. The van der Waals surface area contributed by atoms with Gasteiger partial charge in [0, 0.05) is 12.5 Å². The van der Waals surface area contributed by atoms with Crippen LogP contribution in [0, 0.1) is 11.8 Å². The molecule has 0 radical (unpaired) electrons. The molecule has 0 aliphatic carbocycles. The van der Waals surface area contributed by atoms with E-state index in [0.29, 0.717) is 5.56 Å². The Bertz CT molecular complexity index is 813. The topological polar surface area (TPSA) is 61.8 Å². The molecule has 0 heterocycles. The minimum Gasteiger partial charge on any atom is -0.493 e. The Hall–Kier alpha value is -3.26. The van der Waals surface area contributed by atoms with Crippen LogP contribution in [0.4, 0.5) is 0 Å². The number of carbonyl (C=O) groups excluding carboxylic acids is 2. The number of ether oxygens (including phenoxy) is 3. The van der Waals surface area contributed by atoms with E-state index in [2.05, 4.69) is 11.8 Å². The highest BCUT2D eigenvalue weighted by molar-refractivity contribution is 5.91. The monoisotopic (exact) mass is 324 g/mol. The highest BCUT2D eigenvalue weighted by Crippen LogP contribution is 2.33. The summed E-state index contributed by atoms with van der Waals surface area (Å²) in [5.74, 6) is 5.22. The van der Waals surface area contributed by atoms with Crippen LogP contribution >= 0.6 is 0 Å². The van der Waals surface area contributed by atoms with Crippen LogP contribution in [-0.2, 0) is 9.53 Å². The molecule has 0 bridgehead atoms. The van der Waals surface area contributed by atoms with E-state index < -0.39 is 11.9 Å². The number of methoxy groups -OCH3 is 2. The van der Waals surface area contributed by atoms with Gasteiger partial charge in [-0.05, 0) is 24.3 Å². The van der Waals surface area contributed by atoms with Crippen LogP contribution in [0.5, 0.6) is 11.5 Å². The lowest BCUT2D eigenvalue weighted by atomic mass is 10.1. The molecule has 0 aromatic heterocycles. The molecule has 0 spiro atoms. The summed E-state index contributed by atoms with van der Waals surface area (Å²) in [6, 6.07) is 12.3. The lowest BCUT2D eigenvalue weighted by Crippen LogP contribution is -2.08. The highest BCUT2D eigenvalue weighted by atomic mass is 16.6. The zero-order chi connectivity index (χ0) is 17.5. The molecule has 0 saturated carbocycles. The fraction of sp³-hybridized carbons (Fsp3) is 0.158. The molecule has 24 heavy (non-hydrogen) atoms. The summed E-state index contributed by atoms with van der Waals surface area (Å²) in [5, 5.41) is 0. The van der Waals surface area contributed by atoms with E-state index in [4.69, 9.17) is 14.2 Å². The van der Waals surface area contributed by atoms with Crippen LogP contribution in [0.3, 0.4) is 0 Å². The first-order valence-corrected chi connectivity index (χ1v) is 7.11. The van der Waals surface area contributed by atoms with Crippen molar-refractivity contribution >= 4 is 11.9 Å². The highest BCUT2D eigenvalue weighted by Gasteiger charge is 2.17. The summed E-state index contributed by atoms with van der Waals surface area (Å²) >= 11 is 0. The maximum absolute atomic E-state index is 11.8. The van der Waals surface area contributed by atoms with Crippen molar-refractivity contribution in [2.24, 2.45) is 0 Å². The minimum absolute atomic E-state index is 0.168. The molecule has 2 aromatic carbocycles. The lowest BCUT2D eigenvalue weighted by molar-refractivity contribution is -0.132. The van der Waals surface area contributed by atoms with Crippen molar-refractivity contribution in [1.82, 2.24) is 0 Å². The van der Waals surface area contributed by atoms with E-state index in [9.17, 15) is 9.59 Å². The fourth-order valence-electron chi connectivity index (χ4n) is 1.99. The van der Waals surface area contributed by atoms with E-state index >= 15 is 0 Å². The predicted molar refractivity (Wildman–Crippen MR) is 88.1 cm³/mol. The average molecular weight is 324 g/mol. The molecule has 0 saturated heterocycles. The molecule has 5 heteroatoms. The second-order valence-electron chi connectivity index (χ2n) is 4.76. The Morgan fingerprint density at radius 2 is 1.71 bits per heavy atom. The van der Waals surface area contributed by atoms with Crippen LogP contribution < -0.4 is 9.47 Å². The Kier molecular flexibility index (Phi) is 5.58. The van der Waals surface area contributed by atoms with Gasteiger partial charge in [0.25, 0.3) is 0 Å². The van der Waals surface area contributed by atoms with Gasteiger partial charge in [-0.1, -0.05) is 30.0 Å². The first kappa shape index (κ1) is 17.1. The molecule has 5 nitrogen and oxygen atoms in total. The molecule has 0 aliphatic heterocycles. The molecule has 0 N–H and O–H groups in total. The third-order valence-corrected chi connectivity index (χ3v) is 3.06. The summed E-state index contributed by atoms with van der Waals surface area (Å²) < 4.78 is 15.2. The van der Waals surface area contributed by atoms with Crippen LogP contribution in [0.25, 0.3) is 0 Å².